The second-order valence-corrected chi connectivity index (χ2v) is 7.41. The monoisotopic (exact) mass is 255 g/mol. The number of ether oxygens (including phenoxy) is 1. The van der Waals surface area contributed by atoms with Gasteiger partial charge in [0.1, 0.15) is 0 Å². The van der Waals surface area contributed by atoms with Crippen molar-refractivity contribution in [2.45, 2.75) is 84.3 Å². The third kappa shape index (κ3) is 6.19. The Balaban J connectivity index is 2.59. The van der Waals surface area contributed by atoms with Crippen molar-refractivity contribution in [1.29, 1.82) is 0 Å². The largest absolute Gasteiger partial charge is 0.373 e. The summed E-state index contributed by atoms with van der Waals surface area (Å²) in [5, 5.41) is 3.66. The van der Waals surface area contributed by atoms with Gasteiger partial charge in [-0.3, -0.25) is 0 Å². The van der Waals surface area contributed by atoms with Crippen molar-refractivity contribution in [1.82, 2.24) is 5.32 Å². The highest BCUT2D eigenvalue weighted by Gasteiger charge is 2.33. The molecule has 0 radical (unpaired) electrons. The Kier molecular flexibility index (Phi) is 6.13. The predicted octanol–water partition coefficient (Wildman–Crippen LogP) is 4.14. The van der Waals surface area contributed by atoms with Crippen LogP contribution in [-0.2, 0) is 4.74 Å². The van der Waals surface area contributed by atoms with Crippen LogP contribution in [0.1, 0.15) is 73.1 Å². The fraction of sp³-hybridized carbons (Fsp3) is 1.00. The summed E-state index contributed by atoms with van der Waals surface area (Å²) in [5.41, 5.74) is 0.272. The van der Waals surface area contributed by atoms with Gasteiger partial charge >= 0.3 is 0 Å². The summed E-state index contributed by atoms with van der Waals surface area (Å²) in [6.45, 7) is 13.1. The molecule has 0 spiro atoms. The van der Waals surface area contributed by atoms with Crippen LogP contribution in [0.2, 0.25) is 0 Å². The summed E-state index contributed by atoms with van der Waals surface area (Å²) in [6, 6.07) is 0. The van der Waals surface area contributed by atoms with Crippen molar-refractivity contribution in [3.8, 4) is 0 Å². The lowest BCUT2D eigenvalue weighted by molar-refractivity contribution is -0.0683. The maximum absolute atomic E-state index is 6.34. The lowest BCUT2D eigenvalue weighted by atomic mass is 9.92. The van der Waals surface area contributed by atoms with E-state index in [9.17, 15) is 0 Å². The second-order valence-electron chi connectivity index (χ2n) is 7.41. The van der Waals surface area contributed by atoms with Gasteiger partial charge in [0.2, 0.25) is 0 Å². The first-order valence-electron chi connectivity index (χ1n) is 7.72. The Morgan fingerprint density at radius 3 is 2.06 bits per heavy atom. The van der Waals surface area contributed by atoms with E-state index in [1.807, 2.05) is 0 Å². The van der Waals surface area contributed by atoms with E-state index in [1.165, 1.54) is 38.5 Å². The summed E-state index contributed by atoms with van der Waals surface area (Å²) in [6.07, 6.45) is 7.85. The Morgan fingerprint density at radius 2 is 1.61 bits per heavy atom. The molecular weight excluding hydrogens is 222 g/mol. The number of hydrogen-bond donors (Lipinski definition) is 1. The standard InChI is InChI=1S/C16H33NO/c1-14(2)12-18-16(13-17-15(3,4)5)10-8-6-7-9-11-16/h14,17H,6-13H2,1-5H3. The average Bonchev–Trinajstić information content (AvgIpc) is 2.49. The molecule has 0 atom stereocenters. The summed E-state index contributed by atoms with van der Waals surface area (Å²) in [4.78, 5) is 0. The summed E-state index contributed by atoms with van der Waals surface area (Å²) >= 11 is 0. The van der Waals surface area contributed by atoms with Gasteiger partial charge in [-0.15, -0.1) is 0 Å². The summed E-state index contributed by atoms with van der Waals surface area (Å²) in [7, 11) is 0. The summed E-state index contributed by atoms with van der Waals surface area (Å²) < 4.78 is 6.34. The minimum absolute atomic E-state index is 0.0913. The van der Waals surface area contributed by atoms with Gasteiger partial charge in [-0.05, 0) is 39.5 Å². The maximum atomic E-state index is 6.34. The van der Waals surface area contributed by atoms with Crippen molar-refractivity contribution in [3.63, 3.8) is 0 Å². The van der Waals surface area contributed by atoms with Crippen LogP contribution in [-0.4, -0.2) is 24.3 Å². The molecule has 1 rings (SSSR count). The van der Waals surface area contributed by atoms with Crippen LogP contribution in [0.5, 0.6) is 0 Å². The van der Waals surface area contributed by atoms with Gasteiger partial charge < -0.3 is 10.1 Å². The van der Waals surface area contributed by atoms with Crippen LogP contribution in [0, 0.1) is 5.92 Å². The molecule has 1 aliphatic carbocycles. The van der Waals surface area contributed by atoms with E-state index in [4.69, 9.17) is 4.74 Å². The van der Waals surface area contributed by atoms with E-state index >= 15 is 0 Å². The first-order valence-corrected chi connectivity index (χ1v) is 7.72. The van der Waals surface area contributed by atoms with E-state index in [-0.39, 0.29) is 11.1 Å². The molecule has 0 aromatic rings. The Bertz CT molecular complexity index is 222. The van der Waals surface area contributed by atoms with Crippen molar-refractivity contribution in [3.05, 3.63) is 0 Å². The van der Waals surface area contributed by atoms with Gasteiger partial charge in [-0.2, -0.15) is 0 Å². The van der Waals surface area contributed by atoms with E-state index in [1.54, 1.807) is 0 Å². The highest BCUT2D eigenvalue weighted by molar-refractivity contribution is 4.88. The highest BCUT2D eigenvalue weighted by atomic mass is 16.5. The molecule has 0 heterocycles. The minimum atomic E-state index is 0.0913. The molecule has 2 heteroatoms. The van der Waals surface area contributed by atoms with E-state index < -0.39 is 0 Å². The highest BCUT2D eigenvalue weighted by Crippen LogP contribution is 2.31. The molecule has 2 nitrogen and oxygen atoms in total. The fourth-order valence-electron chi connectivity index (χ4n) is 2.51. The molecule has 1 fully saturated rings. The average molecular weight is 255 g/mol. The van der Waals surface area contributed by atoms with Crippen LogP contribution in [0.25, 0.3) is 0 Å². The van der Waals surface area contributed by atoms with E-state index in [0.717, 1.165) is 13.2 Å². The maximum Gasteiger partial charge on any atom is 0.0806 e. The quantitative estimate of drug-likeness (QED) is 0.745. The molecule has 0 unspecified atom stereocenters. The lowest BCUT2D eigenvalue weighted by Crippen LogP contribution is -2.49. The Labute approximate surface area is 114 Å². The molecule has 18 heavy (non-hydrogen) atoms. The van der Waals surface area contributed by atoms with Crippen LogP contribution in [0.3, 0.4) is 0 Å². The first kappa shape index (κ1) is 16.0. The van der Waals surface area contributed by atoms with Crippen molar-refractivity contribution >= 4 is 0 Å². The molecule has 108 valence electrons. The number of rotatable bonds is 5. The summed E-state index contributed by atoms with van der Waals surface area (Å²) in [5.74, 6) is 0.625. The van der Waals surface area contributed by atoms with Crippen LogP contribution in [0.4, 0.5) is 0 Å². The van der Waals surface area contributed by atoms with Crippen LogP contribution < -0.4 is 5.32 Å². The van der Waals surface area contributed by atoms with Gasteiger partial charge in [0.15, 0.2) is 0 Å². The van der Waals surface area contributed by atoms with Gasteiger partial charge in [0, 0.05) is 18.7 Å². The molecule has 0 aromatic carbocycles. The fourth-order valence-corrected chi connectivity index (χ4v) is 2.51. The Hall–Kier alpha value is -0.0800. The minimum Gasteiger partial charge on any atom is -0.373 e. The normalized spacial score (nSPS) is 21.0. The van der Waals surface area contributed by atoms with E-state index in [2.05, 4.69) is 39.9 Å². The van der Waals surface area contributed by atoms with Gasteiger partial charge in [0.05, 0.1) is 5.60 Å². The van der Waals surface area contributed by atoms with Gasteiger partial charge in [0.25, 0.3) is 0 Å². The third-order valence-corrected chi connectivity index (χ3v) is 3.68. The van der Waals surface area contributed by atoms with Crippen LogP contribution >= 0.6 is 0 Å². The van der Waals surface area contributed by atoms with Gasteiger partial charge in [-0.1, -0.05) is 39.5 Å². The van der Waals surface area contributed by atoms with Gasteiger partial charge in [-0.25, -0.2) is 0 Å². The molecular formula is C16H33NO. The predicted molar refractivity (Wildman–Crippen MR) is 79.0 cm³/mol. The molecule has 1 saturated carbocycles. The SMILES string of the molecule is CC(C)COC1(CNC(C)(C)C)CCCCCC1. The second kappa shape index (κ2) is 6.91. The zero-order valence-corrected chi connectivity index (χ0v) is 13.1. The lowest BCUT2D eigenvalue weighted by Gasteiger charge is -2.37. The smallest absolute Gasteiger partial charge is 0.0806 e. The molecule has 0 aromatic heterocycles. The van der Waals surface area contributed by atoms with Crippen LogP contribution in [0.15, 0.2) is 0 Å². The zero-order chi connectivity index (χ0) is 13.6. The molecule has 0 saturated heterocycles. The number of hydrogen-bond acceptors (Lipinski definition) is 2. The molecule has 1 aliphatic rings. The molecule has 0 amide bonds. The van der Waals surface area contributed by atoms with E-state index in [0.29, 0.717) is 5.92 Å². The van der Waals surface area contributed by atoms with Crippen molar-refractivity contribution in [2.75, 3.05) is 13.2 Å². The van der Waals surface area contributed by atoms with Crippen molar-refractivity contribution < 1.29 is 4.74 Å². The first-order chi connectivity index (χ1) is 8.33. The zero-order valence-electron chi connectivity index (χ0n) is 13.1. The molecule has 0 aliphatic heterocycles. The third-order valence-electron chi connectivity index (χ3n) is 3.68. The number of nitrogens with one attached hydrogen (secondary N) is 1. The molecule has 1 N–H and O–H groups in total. The molecule has 0 bridgehead atoms. The van der Waals surface area contributed by atoms with Crippen molar-refractivity contribution in [2.24, 2.45) is 5.92 Å². The topological polar surface area (TPSA) is 21.3 Å². The Morgan fingerprint density at radius 1 is 1.06 bits per heavy atom.